The molecule has 2 aromatic heterocycles. The van der Waals surface area contributed by atoms with E-state index in [1.807, 2.05) is 42.8 Å². The molecule has 0 radical (unpaired) electrons. The third kappa shape index (κ3) is 2.43. The van der Waals surface area contributed by atoms with E-state index in [0.717, 1.165) is 28.0 Å². The molecule has 0 amide bonds. The minimum atomic E-state index is 0.674. The van der Waals surface area contributed by atoms with Crippen LogP contribution in [0.15, 0.2) is 36.7 Å². The highest BCUT2D eigenvalue weighted by atomic mass is 15.0. The normalized spacial score (nSPS) is 10.5. The summed E-state index contributed by atoms with van der Waals surface area (Å²) in [5.74, 6) is 0. The number of hydrogen-bond acceptors (Lipinski definition) is 4. The third-order valence-electron chi connectivity index (χ3n) is 3.71. The van der Waals surface area contributed by atoms with Crippen LogP contribution in [0.3, 0.4) is 0 Å². The van der Waals surface area contributed by atoms with E-state index < -0.39 is 0 Å². The van der Waals surface area contributed by atoms with Gasteiger partial charge in [0, 0.05) is 37.4 Å². The van der Waals surface area contributed by atoms with Crippen LogP contribution in [0.5, 0.6) is 0 Å². The number of hydrogen-bond donors (Lipinski definition) is 1. The molecule has 0 spiro atoms. The standard InChI is InChI=1S/C16H15N5/c1-11-12(7-14(9-17)21(11)2)10-20-13-3-4-15-16(8-13)19-6-5-18-15/h3-8,20H,10H2,1-2H3. The Balaban J connectivity index is 1.82. The van der Waals surface area contributed by atoms with Gasteiger partial charge in [-0.3, -0.25) is 9.97 Å². The van der Waals surface area contributed by atoms with Crippen molar-refractivity contribution in [3.63, 3.8) is 0 Å². The topological polar surface area (TPSA) is 66.5 Å². The van der Waals surface area contributed by atoms with Crippen LogP contribution in [-0.4, -0.2) is 14.5 Å². The van der Waals surface area contributed by atoms with Gasteiger partial charge in [-0.05, 0) is 36.8 Å². The number of anilines is 1. The van der Waals surface area contributed by atoms with Crippen LogP contribution < -0.4 is 5.32 Å². The molecule has 3 rings (SSSR count). The monoisotopic (exact) mass is 277 g/mol. The minimum Gasteiger partial charge on any atom is -0.381 e. The van der Waals surface area contributed by atoms with Crippen molar-refractivity contribution < 1.29 is 0 Å². The van der Waals surface area contributed by atoms with Crippen LogP contribution in [0.4, 0.5) is 5.69 Å². The molecule has 0 fully saturated rings. The van der Waals surface area contributed by atoms with Crippen molar-refractivity contribution in [1.82, 2.24) is 14.5 Å². The maximum absolute atomic E-state index is 9.05. The zero-order valence-corrected chi connectivity index (χ0v) is 12.0. The van der Waals surface area contributed by atoms with E-state index in [2.05, 4.69) is 21.4 Å². The molecule has 0 saturated heterocycles. The quantitative estimate of drug-likeness (QED) is 0.799. The largest absolute Gasteiger partial charge is 0.381 e. The Labute approximate surface area is 122 Å². The van der Waals surface area contributed by atoms with E-state index in [4.69, 9.17) is 5.26 Å². The average Bonchev–Trinajstić information content (AvgIpc) is 2.80. The summed E-state index contributed by atoms with van der Waals surface area (Å²) in [5, 5.41) is 12.4. The fourth-order valence-electron chi connectivity index (χ4n) is 2.32. The lowest BCUT2D eigenvalue weighted by molar-refractivity contribution is 0.856. The molecule has 0 saturated carbocycles. The molecule has 0 atom stereocenters. The highest BCUT2D eigenvalue weighted by Crippen LogP contribution is 2.18. The number of aromatic nitrogens is 3. The number of nitrogens with one attached hydrogen (secondary N) is 1. The molecule has 5 nitrogen and oxygen atoms in total. The van der Waals surface area contributed by atoms with Gasteiger partial charge in [0.1, 0.15) is 11.8 Å². The Hall–Kier alpha value is -2.87. The van der Waals surface area contributed by atoms with Crippen molar-refractivity contribution in [3.05, 3.63) is 53.6 Å². The van der Waals surface area contributed by atoms with Crippen LogP contribution in [0.2, 0.25) is 0 Å². The van der Waals surface area contributed by atoms with Gasteiger partial charge < -0.3 is 9.88 Å². The molecule has 104 valence electrons. The minimum absolute atomic E-state index is 0.674. The zero-order chi connectivity index (χ0) is 14.8. The lowest BCUT2D eigenvalue weighted by Crippen LogP contribution is -2.01. The summed E-state index contributed by atoms with van der Waals surface area (Å²) in [5.41, 5.74) is 5.63. The summed E-state index contributed by atoms with van der Waals surface area (Å²) >= 11 is 0. The number of nitrogens with zero attached hydrogens (tertiary/aromatic N) is 4. The van der Waals surface area contributed by atoms with Gasteiger partial charge in [-0.1, -0.05) is 0 Å². The Morgan fingerprint density at radius 2 is 1.95 bits per heavy atom. The van der Waals surface area contributed by atoms with E-state index >= 15 is 0 Å². The molecule has 0 aliphatic rings. The van der Waals surface area contributed by atoms with E-state index in [1.165, 1.54) is 0 Å². The van der Waals surface area contributed by atoms with Gasteiger partial charge in [0.2, 0.25) is 0 Å². The van der Waals surface area contributed by atoms with Crippen molar-refractivity contribution in [3.8, 4) is 6.07 Å². The summed E-state index contributed by atoms with van der Waals surface area (Å²) in [6, 6.07) is 10.0. The number of fused-ring (bicyclic) bond motifs is 1. The van der Waals surface area contributed by atoms with Crippen molar-refractivity contribution in [2.24, 2.45) is 7.05 Å². The molecule has 1 N–H and O–H groups in total. The van der Waals surface area contributed by atoms with Crippen LogP contribution in [0.25, 0.3) is 11.0 Å². The van der Waals surface area contributed by atoms with Crippen molar-refractivity contribution in [2.45, 2.75) is 13.5 Å². The number of nitriles is 1. The predicted molar refractivity (Wildman–Crippen MR) is 81.7 cm³/mol. The first-order chi connectivity index (χ1) is 10.2. The molecule has 0 aliphatic heterocycles. The van der Waals surface area contributed by atoms with E-state index in [-0.39, 0.29) is 0 Å². The maximum atomic E-state index is 9.05. The average molecular weight is 277 g/mol. The summed E-state index contributed by atoms with van der Waals surface area (Å²) in [4.78, 5) is 8.55. The van der Waals surface area contributed by atoms with E-state index in [0.29, 0.717) is 12.2 Å². The van der Waals surface area contributed by atoms with Gasteiger partial charge in [-0.15, -0.1) is 0 Å². The smallest absolute Gasteiger partial charge is 0.120 e. The predicted octanol–water partition coefficient (Wildman–Crippen LogP) is 2.76. The second kappa shape index (κ2) is 5.25. The molecule has 21 heavy (non-hydrogen) atoms. The first kappa shape index (κ1) is 13.1. The molecule has 0 unspecified atom stereocenters. The van der Waals surface area contributed by atoms with Crippen LogP contribution in [0, 0.1) is 18.3 Å². The number of benzene rings is 1. The zero-order valence-electron chi connectivity index (χ0n) is 12.0. The van der Waals surface area contributed by atoms with Gasteiger partial charge in [-0.25, -0.2) is 0 Å². The highest BCUT2D eigenvalue weighted by Gasteiger charge is 2.08. The van der Waals surface area contributed by atoms with Crippen LogP contribution >= 0.6 is 0 Å². The molecular weight excluding hydrogens is 262 g/mol. The highest BCUT2D eigenvalue weighted by molar-refractivity contribution is 5.78. The first-order valence-electron chi connectivity index (χ1n) is 6.69. The van der Waals surface area contributed by atoms with Gasteiger partial charge >= 0.3 is 0 Å². The summed E-state index contributed by atoms with van der Waals surface area (Å²) in [6.45, 7) is 2.69. The van der Waals surface area contributed by atoms with Crippen LogP contribution in [0.1, 0.15) is 17.0 Å². The molecule has 1 aromatic carbocycles. The van der Waals surface area contributed by atoms with Gasteiger partial charge in [-0.2, -0.15) is 5.26 Å². The maximum Gasteiger partial charge on any atom is 0.120 e. The van der Waals surface area contributed by atoms with Gasteiger partial charge in [0.25, 0.3) is 0 Å². The lowest BCUT2D eigenvalue weighted by Gasteiger charge is -2.07. The van der Waals surface area contributed by atoms with Crippen molar-refractivity contribution in [1.29, 1.82) is 5.26 Å². The summed E-state index contributed by atoms with van der Waals surface area (Å²) in [6.07, 6.45) is 3.37. The van der Waals surface area contributed by atoms with Gasteiger partial charge in [0.15, 0.2) is 0 Å². The molecular formula is C16H15N5. The fraction of sp³-hybridized carbons (Fsp3) is 0.188. The van der Waals surface area contributed by atoms with E-state index in [1.54, 1.807) is 12.4 Å². The van der Waals surface area contributed by atoms with Crippen molar-refractivity contribution in [2.75, 3.05) is 5.32 Å². The first-order valence-corrected chi connectivity index (χ1v) is 6.69. The molecule has 2 heterocycles. The van der Waals surface area contributed by atoms with E-state index in [9.17, 15) is 0 Å². The second-order valence-electron chi connectivity index (χ2n) is 4.92. The molecule has 3 aromatic rings. The fourth-order valence-corrected chi connectivity index (χ4v) is 2.32. The van der Waals surface area contributed by atoms with Crippen molar-refractivity contribution >= 4 is 16.7 Å². The second-order valence-corrected chi connectivity index (χ2v) is 4.92. The Bertz CT molecular complexity index is 841. The molecule has 5 heteroatoms. The summed E-state index contributed by atoms with van der Waals surface area (Å²) < 4.78 is 1.91. The molecule has 0 aliphatic carbocycles. The molecule has 0 bridgehead atoms. The lowest BCUT2D eigenvalue weighted by atomic mass is 10.2. The Morgan fingerprint density at radius 3 is 2.67 bits per heavy atom. The SMILES string of the molecule is Cc1c(CNc2ccc3nccnc3c2)cc(C#N)n1C. The Kier molecular flexibility index (Phi) is 3.28. The van der Waals surface area contributed by atoms with Gasteiger partial charge in [0.05, 0.1) is 11.0 Å². The number of rotatable bonds is 3. The summed E-state index contributed by atoms with van der Waals surface area (Å²) in [7, 11) is 1.91. The van der Waals surface area contributed by atoms with Crippen LogP contribution in [-0.2, 0) is 13.6 Å². The Morgan fingerprint density at radius 1 is 1.19 bits per heavy atom. The third-order valence-corrected chi connectivity index (χ3v) is 3.71.